The third-order valence-electron chi connectivity index (χ3n) is 4.13. The second-order valence-electron chi connectivity index (χ2n) is 5.94. The molecular formula is C15H24Cl2N2O3S. The normalized spacial score (nSPS) is 17.5. The summed E-state index contributed by atoms with van der Waals surface area (Å²) in [6, 6.07) is 5.00. The number of sulfonamides is 1. The van der Waals surface area contributed by atoms with Gasteiger partial charge in [0.25, 0.3) is 0 Å². The Hall–Kier alpha value is -0.370. The first kappa shape index (κ1) is 20.7. The van der Waals surface area contributed by atoms with E-state index in [9.17, 15) is 8.42 Å². The standard InChI is InChI=1S/C15H23ClN2O3S.ClH/c1-12-3-4-13(16)14(9-12)22(19,20)18-10-15(11-21-2)5-7-17-8-6-15;/h3-4,9,17-18H,5-8,10-11H2,1-2H3;1H. The van der Waals surface area contributed by atoms with Gasteiger partial charge in [0.1, 0.15) is 4.90 Å². The minimum atomic E-state index is -3.63. The van der Waals surface area contributed by atoms with E-state index in [-0.39, 0.29) is 27.7 Å². The molecule has 1 aliphatic heterocycles. The lowest BCUT2D eigenvalue weighted by atomic mass is 9.80. The van der Waals surface area contributed by atoms with Gasteiger partial charge < -0.3 is 10.1 Å². The summed E-state index contributed by atoms with van der Waals surface area (Å²) in [7, 11) is -1.98. The van der Waals surface area contributed by atoms with E-state index in [1.807, 2.05) is 6.92 Å². The maximum atomic E-state index is 12.5. The van der Waals surface area contributed by atoms with Gasteiger partial charge in [-0.15, -0.1) is 12.4 Å². The lowest BCUT2D eigenvalue weighted by molar-refractivity contribution is 0.0577. The van der Waals surface area contributed by atoms with Gasteiger partial charge >= 0.3 is 0 Å². The SMILES string of the molecule is COCC1(CNS(=O)(=O)c2cc(C)ccc2Cl)CCNCC1.Cl. The fraction of sp³-hybridized carbons (Fsp3) is 0.600. The number of piperidine rings is 1. The molecule has 132 valence electrons. The lowest BCUT2D eigenvalue weighted by Crippen LogP contribution is -2.47. The summed E-state index contributed by atoms with van der Waals surface area (Å²) in [6.07, 6.45) is 1.76. The third-order valence-corrected chi connectivity index (χ3v) is 6.01. The van der Waals surface area contributed by atoms with Crippen molar-refractivity contribution in [2.45, 2.75) is 24.7 Å². The van der Waals surface area contributed by atoms with Crippen LogP contribution >= 0.6 is 24.0 Å². The molecule has 0 saturated carbocycles. The van der Waals surface area contributed by atoms with Gasteiger partial charge in [-0.05, 0) is 50.6 Å². The molecule has 0 amide bonds. The first-order valence-electron chi connectivity index (χ1n) is 7.34. The van der Waals surface area contributed by atoms with E-state index in [2.05, 4.69) is 10.0 Å². The van der Waals surface area contributed by atoms with E-state index in [4.69, 9.17) is 16.3 Å². The van der Waals surface area contributed by atoms with Crippen molar-refractivity contribution in [2.24, 2.45) is 5.41 Å². The van der Waals surface area contributed by atoms with Crippen molar-refractivity contribution < 1.29 is 13.2 Å². The Balaban J connectivity index is 0.00000264. The minimum absolute atomic E-state index is 0. The highest BCUT2D eigenvalue weighted by molar-refractivity contribution is 7.89. The van der Waals surface area contributed by atoms with Gasteiger partial charge in [0.05, 0.1) is 11.6 Å². The van der Waals surface area contributed by atoms with E-state index < -0.39 is 10.0 Å². The molecule has 0 atom stereocenters. The number of methoxy groups -OCH3 is 1. The predicted octanol–water partition coefficient (Wildman–Crippen LogP) is 2.36. The Labute approximate surface area is 149 Å². The number of rotatable bonds is 6. The van der Waals surface area contributed by atoms with E-state index in [0.29, 0.717) is 13.2 Å². The van der Waals surface area contributed by atoms with Gasteiger partial charge in [0.2, 0.25) is 10.0 Å². The van der Waals surface area contributed by atoms with Crippen LogP contribution in [0.1, 0.15) is 18.4 Å². The zero-order valence-corrected chi connectivity index (χ0v) is 15.8. The van der Waals surface area contributed by atoms with Crippen molar-refractivity contribution in [1.29, 1.82) is 0 Å². The molecule has 1 heterocycles. The summed E-state index contributed by atoms with van der Waals surface area (Å²) >= 11 is 6.04. The summed E-state index contributed by atoms with van der Waals surface area (Å²) in [5.41, 5.74) is 0.696. The molecule has 5 nitrogen and oxygen atoms in total. The van der Waals surface area contributed by atoms with E-state index in [0.717, 1.165) is 31.5 Å². The number of ether oxygens (including phenoxy) is 1. The number of hydrogen-bond donors (Lipinski definition) is 2. The molecule has 1 aromatic rings. The molecule has 0 spiro atoms. The summed E-state index contributed by atoms with van der Waals surface area (Å²) in [5.74, 6) is 0. The molecule has 1 fully saturated rings. The highest BCUT2D eigenvalue weighted by Crippen LogP contribution is 2.29. The van der Waals surface area contributed by atoms with Crippen molar-refractivity contribution in [3.8, 4) is 0 Å². The van der Waals surface area contributed by atoms with Crippen LogP contribution in [0, 0.1) is 12.3 Å². The molecule has 0 bridgehead atoms. The first-order valence-corrected chi connectivity index (χ1v) is 9.20. The Bertz CT molecular complexity index is 612. The van der Waals surface area contributed by atoms with Crippen LogP contribution in [-0.2, 0) is 14.8 Å². The number of benzene rings is 1. The topological polar surface area (TPSA) is 67.4 Å². The van der Waals surface area contributed by atoms with Gasteiger partial charge in [0.15, 0.2) is 0 Å². The van der Waals surface area contributed by atoms with Gasteiger partial charge in [-0.3, -0.25) is 0 Å². The number of halogens is 2. The molecule has 1 saturated heterocycles. The van der Waals surface area contributed by atoms with Crippen molar-refractivity contribution in [1.82, 2.24) is 10.0 Å². The van der Waals surface area contributed by atoms with Crippen LogP contribution in [0.4, 0.5) is 0 Å². The third kappa shape index (κ3) is 5.31. The molecule has 2 N–H and O–H groups in total. The maximum absolute atomic E-state index is 12.5. The Morgan fingerprint density at radius 2 is 2.00 bits per heavy atom. The van der Waals surface area contributed by atoms with E-state index in [1.165, 1.54) is 0 Å². The Kier molecular flexibility index (Phi) is 7.77. The van der Waals surface area contributed by atoms with Crippen molar-refractivity contribution in [3.63, 3.8) is 0 Å². The molecule has 1 aromatic carbocycles. The van der Waals surface area contributed by atoms with E-state index in [1.54, 1.807) is 25.3 Å². The second kappa shape index (κ2) is 8.65. The highest BCUT2D eigenvalue weighted by atomic mass is 35.5. The van der Waals surface area contributed by atoms with Crippen LogP contribution in [0.15, 0.2) is 23.1 Å². The molecular weight excluding hydrogens is 359 g/mol. The number of aryl methyl sites for hydroxylation is 1. The van der Waals surface area contributed by atoms with Gasteiger partial charge in [-0.1, -0.05) is 17.7 Å². The smallest absolute Gasteiger partial charge is 0.242 e. The average Bonchev–Trinajstić information content (AvgIpc) is 2.49. The van der Waals surface area contributed by atoms with Gasteiger partial charge in [-0.2, -0.15) is 0 Å². The van der Waals surface area contributed by atoms with Crippen LogP contribution in [0.3, 0.4) is 0 Å². The predicted molar refractivity (Wildman–Crippen MR) is 95.0 cm³/mol. The number of hydrogen-bond acceptors (Lipinski definition) is 4. The van der Waals surface area contributed by atoms with Crippen molar-refractivity contribution in [3.05, 3.63) is 28.8 Å². The number of nitrogens with one attached hydrogen (secondary N) is 2. The molecule has 0 aromatic heterocycles. The van der Waals surface area contributed by atoms with Gasteiger partial charge in [0, 0.05) is 19.1 Å². The molecule has 0 radical (unpaired) electrons. The second-order valence-corrected chi connectivity index (χ2v) is 8.08. The summed E-state index contributed by atoms with van der Waals surface area (Å²) < 4.78 is 33.1. The summed E-state index contributed by atoms with van der Waals surface area (Å²) in [5, 5.41) is 3.53. The van der Waals surface area contributed by atoms with Crippen molar-refractivity contribution in [2.75, 3.05) is 33.4 Å². The van der Waals surface area contributed by atoms with Crippen LogP contribution < -0.4 is 10.0 Å². The zero-order valence-electron chi connectivity index (χ0n) is 13.4. The largest absolute Gasteiger partial charge is 0.384 e. The fourth-order valence-electron chi connectivity index (χ4n) is 2.78. The fourth-order valence-corrected chi connectivity index (χ4v) is 4.52. The van der Waals surface area contributed by atoms with Crippen LogP contribution in [0.25, 0.3) is 0 Å². The quantitative estimate of drug-likeness (QED) is 0.792. The maximum Gasteiger partial charge on any atom is 0.242 e. The highest BCUT2D eigenvalue weighted by Gasteiger charge is 2.34. The molecule has 0 unspecified atom stereocenters. The molecule has 23 heavy (non-hydrogen) atoms. The zero-order chi connectivity index (χ0) is 16.2. The van der Waals surface area contributed by atoms with Gasteiger partial charge in [-0.25, -0.2) is 13.1 Å². The Morgan fingerprint density at radius 3 is 2.61 bits per heavy atom. The first-order chi connectivity index (χ1) is 10.4. The van der Waals surface area contributed by atoms with Crippen LogP contribution in [0.2, 0.25) is 5.02 Å². The van der Waals surface area contributed by atoms with Crippen molar-refractivity contribution >= 4 is 34.0 Å². The summed E-state index contributed by atoms with van der Waals surface area (Å²) in [6.45, 7) is 4.48. The molecule has 0 aliphatic carbocycles. The summed E-state index contributed by atoms with van der Waals surface area (Å²) in [4.78, 5) is 0.135. The molecule has 2 rings (SSSR count). The Morgan fingerprint density at radius 1 is 1.35 bits per heavy atom. The van der Waals surface area contributed by atoms with Crippen LogP contribution in [-0.4, -0.2) is 41.8 Å². The van der Waals surface area contributed by atoms with Crippen LogP contribution in [0.5, 0.6) is 0 Å². The monoisotopic (exact) mass is 382 g/mol. The molecule has 8 heteroatoms. The minimum Gasteiger partial charge on any atom is -0.384 e. The van der Waals surface area contributed by atoms with E-state index >= 15 is 0 Å². The average molecular weight is 383 g/mol. The molecule has 1 aliphatic rings. The lowest BCUT2D eigenvalue weighted by Gasteiger charge is -2.37.